The van der Waals surface area contributed by atoms with Gasteiger partial charge in [0.2, 0.25) is 5.95 Å². The van der Waals surface area contributed by atoms with Gasteiger partial charge in [0, 0.05) is 24.9 Å². The number of fused-ring (bicyclic) bond motifs is 1. The lowest BCUT2D eigenvalue weighted by Crippen LogP contribution is -2.34. The van der Waals surface area contributed by atoms with Gasteiger partial charge in [0.05, 0.1) is 19.3 Å². The Kier molecular flexibility index (Phi) is 5.44. The SMILES string of the molecule is COc1cc(Nc2ncc3c(n2)N(C)C(c2cc(F)cc(F)c2)CO3)ccc1-n1cnc(C)n1. The van der Waals surface area contributed by atoms with Crippen molar-refractivity contribution in [1.29, 1.82) is 0 Å². The van der Waals surface area contributed by atoms with E-state index in [9.17, 15) is 8.78 Å². The van der Waals surface area contributed by atoms with Gasteiger partial charge in [-0.1, -0.05) is 0 Å². The molecule has 1 aliphatic heterocycles. The third-order valence-electron chi connectivity index (χ3n) is 5.49. The van der Waals surface area contributed by atoms with Gasteiger partial charge in [-0.15, -0.1) is 0 Å². The topological polar surface area (TPSA) is 90.2 Å². The average Bonchev–Trinajstić information content (AvgIpc) is 3.25. The van der Waals surface area contributed by atoms with Crippen molar-refractivity contribution < 1.29 is 18.3 Å². The number of aryl methyl sites for hydroxylation is 1. The van der Waals surface area contributed by atoms with Crippen molar-refractivity contribution in [1.82, 2.24) is 24.7 Å². The number of halogens is 2. The van der Waals surface area contributed by atoms with Crippen LogP contribution in [-0.4, -0.2) is 45.5 Å². The van der Waals surface area contributed by atoms with Crippen LogP contribution in [0.15, 0.2) is 48.9 Å². The Bertz CT molecular complexity index is 1340. The first-order chi connectivity index (χ1) is 16.4. The summed E-state index contributed by atoms with van der Waals surface area (Å²) < 4.78 is 40.4. The summed E-state index contributed by atoms with van der Waals surface area (Å²) in [6.45, 7) is 2.02. The monoisotopic (exact) mass is 465 g/mol. The van der Waals surface area contributed by atoms with Crippen LogP contribution in [0.2, 0.25) is 0 Å². The molecule has 174 valence electrons. The largest absolute Gasteiger partial charge is 0.494 e. The van der Waals surface area contributed by atoms with Crippen molar-refractivity contribution in [2.75, 3.05) is 31.0 Å². The number of aromatic nitrogens is 5. The van der Waals surface area contributed by atoms with Crippen molar-refractivity contribution in [3.8, 4) is 17.2 Å². The highest BCUT2D eigenvalue weighted by Crippen LogP contribution is 2.37. The highest BCUT2D eigenvalue weighted by atomic mass is 19.1. The van der Waals surface area contributed by atoms with E-state index in [-0.39, 0.29) is 6.61 Å². The van der Waals surface area contributed by atoms with Crippen LogP contribution in [-0.2, 0) is 0 Å². The van der Waals surface area contributed by atoms with Gasteiger partial charge in [-0.25, -0.2) is 23.4 Å². The van der Waals surface area contributed by atoms with E-state index in [0.717, 1.165) is 11.8 Å². The number of nitrogens with zero attached hydrogens (tertiary/aromatic N) is 6. The molecular formula is C23H21F2N7O2. The highest BCUT2D eigenvalue weighted by molar-refractivity contribution is 5.64. The van der Waals surface area contributed by atoms with Crippen LogP contribution in [0.3, 0.4) is 0 Å². The number of likely N-dealkylation sites (N-methyl/N-ethyl adjacent to an activating group) is 1. The van der Waals surface area contributed by atoms with Crippen LogP contribution in [0.4, 0.5) is 26.2 Å². The smallest absolute Gasteiger partial charge is 0.229 e. The number of rotatable bonds is 5. The number of hydrogen-bond acceptors (Lipinski definition) is 8. The van der Waals surface area contributed by atoms with Crippen molar-refractivity contribution in [2.45, 2.75) is 13.0 Å². The maximum Gasteiger partial charge on any atom is 0.229 e. The number of methoxy groups -OCH3 is 1. The normalized spacial score (nSPS) is 15.0. The molecule has 0 saturated heterocycles. The maximum absolute atomic E-state index is 13.8. The molecule has 1 unspecified atom stereocenters. The van der Waals surface area contributed by atoms with E-state index in [4.69, 9.17) is 9.47 Å². The minimum Gasteiger partial charge on any atom is -0.494 e. The van der Waals surface area contributed by atoms with Crippen molar-refractivity contribution >= 4 is 17.5 Å². The van der Waals surface area contributed by atoms with Crippen LogP contribution < -0.4 is 19.7 Å². The van der Waals surface area contributed by atoms with Gasteiger partial charge in [0.15, 0.2) is 11.6 Å². The summed E-state index contributed by atoms with van der Waals surface area (Å²) in [6, 6.07) is 8.51. The van der Waals surface area contributed by atoms with E-state index < -0.39 is 17.7 Å². The van der Waals surface area contributed by atoms with E-state index in [1.807, 2.05) is 24.0 Å². The minimum absolute atomic E-state index is 0.211. The summed E-state index contributed by atoms with van der Waals surface area (Å²) in [6.07, 6.45) is 3.18. The van der Waals surface area contributed by atoms with Gasteiger partial charge < -0.3 is 19.7 Å². The molecule has 0 aliphatic carbocycles. The summed E-state index contributed by atoms with van der Waals surface area (Å²) in [5.41, 5.74) is 1.89. The van der Waals surface area contributed by atoms with Crippen molar-refractivity contribution in [3.63, 3.8) is 0 Å². The Balaban J connectivity index is 1.41. The fourth-order valence-corrected chi connectivity index (χ4v) is 3.83. The molecule has 2 aromatic carbocycles. The van der Waals surface area contributed by atoms with Gasteiger partial charge in [-0.3, -0.25) is 0 Å². The first-order valence-corrected chi connectivity index (χ1v) is 10.4. The second-order valence-electron chi connectivity index (χ2n) is 7.77. The molecule has 0 radical (unpaired) electrons. The van der Waals surface area contributed by atoms with E-state index in [1.54, 1.807) is 37.4 Å². The quantitative estimate of drug-likeness (QED) is 0.474. The third kappa shape index (κ3) is 4.07. The molecule has 1 N–H and O–H groups in total. The van der Waals surface area contributed by atoms with E-state index in [1.165, 1.54) is 12.1 Å². The molecular weight excluding hydrogens is 444 g/mol. The molecule has 9 nitrogen and oxygen atoms in total. The van der Waals surface area contributed by atoms with Crippen LogP contribution in [0.1, 0.15) is 17.4 Å². The predicted molar refractivity (Wildman–Crippen MR) is 121 cm³/mol. The van der Waals surface area contributed by atoms with E-state index in [2.05, 4.69) is 25.4 Å². The van der Waals surface area contributed by atoms with Gasteiger partial charge in [-0.05, 0) is 36.8 Å². The van der Waals surface area contributed by atoms with Gasteiger partial charge >= 0.3 is 0 Å². The molecule has 2 aromatic heterocycles. The summed E-state index contributed by atoms with van der Waals surface area (Å²) in [5.74, 6) is 1.26. The second kappa shape index (κ2) is 8.58. The summed E-state index contributed by atoms with van der Waals surface area (Å²) in [4.78, 5) is 14.9. The second-order valence-corrected chi connectivity index (χ2v) is 7.77. The lowest BCUT2D eigenvalue weighted by Gasteiger charge is -2.35. The van der Waals surface area contributed by atoms with Crippen molar-refractivity contribution in [3.05, 3.63) is 71.9 Å². The first kappa shape index (κ1) is 21.6. The first-order valence-electron chi connectivity index (χ1n) is 10.4. The lowest BCUT2D eigenvalue weighted by molar-refractivity contribution is 0.264. The number of nitrogens with one attached hydrogen (secondary N) is 1. The standard InChI is InChI=1S/C23H21F2N7O2/c1-13-27-12-32(30-13)18-5-4-17(9-20(18)33-3)28-23-26-10-21-22(29-23)31(2)19(11-34-21)14-6-15(24)8-16(25)7-14/h4-10,12,19H,11H2,1-3H3,(H,26,28,29). The maximum atomic E-state index is 13.8. The Labute approximate surface area is 194 Å². The Morgan fingerprint density at radius 3 is 2.62 bits per heavy atom. The molecule has 5 rings (SSSR count). The molecule has 3 heterocycles. The van der Waals surface area contributed by atoms with Crippen LogP contribution in [0, 0.1) is 18.6 Å². The Hall–Kier alpha value is -4.28. The molecule has 4 aromatic rings. The average molecular weight is 465 g/mol. The molecule has 11 heteroatoms. The number of anilines is 3. The molecule has 34 heavy (non-hydrogen) atoms. The summed E-state index contributed by atoms with van der Waals surface area (Å²) in [5, 5.41) is 7.47. The van der Waals surface area contributed by atoms with Gasteiger partial charge in [-0.2, -0.15) is 10.1 Å². The Morgan fingerprint density at radius 2 is 1.91 bits per heavy atom. The van der Waals surface area contributed by atoms with Crippen LogP contribution in [0.25, 0.3) is 5.69 Å². The molecule has 0 amide bonds. The lowest BCUT2D eigenvalue weighted by atomic mass is 10.0. The number of hydrogen-bond donors (Lipinski definition) is 1. The van der Waals surface area contributed by atoms with Crippen LogP contribution >= 0.6 is 0 Å². The molecule has 0 saturated carbocycles. The van der Waals surface area contributed by atoms with Gasteiger partial charge in [0.25, 0.3) is 0 Å². The Morgan fingerprint density at radius 1 is 1.12 bits per heavy atom. The third-order valence-corrected chi connectivity index (χ3v) is 5.49. The minimum atomic E-state index is -0.641. The zero-order valence-corrected chi connectivity index (χ0v) is 18.7. The molecule has 0 bridgehead atoms. The zero-order valence-electron chi connectivity index (χ0n) is 18.7. The fourth-order valence-electron chi connectivity index (χ4n) is 3.83. The number of benzene rings is 2. The van der Waals surface area contributed by atoms with E-state index in [0.29, 0.717) is 40.3 Å². The summed E-state index contributed by atoms with van der Waals surface area (Å²) in [7, 11) is 3.37. The predicted octanol–water partition coefficient (Wildman–Crippen LogP) is 3.97. The van der Waals surface area contributed by atoms with Crippen molar-refractivity contribution in [2.24, 2.45) is 0 Å². The van der Waals surface area contributed by atoms with Gasteiger partial charge in [0.1, 0.15) is 41.8 Å². The molecule has 1 aliphatic rings. The fraction of sp³-hybridized carbons (Fsp3) is 0.217. The molecule has 0 fully saturated rings. The molecule has 0 spiro atoms. The zero-order chi connectivity index (χ0) is 23.8. The molecule has 1 atom stereocenters. The highest BCUT2D eigenvalue weighted by Gasteiger charge is 2.29. The number of ether oxygens (including phenoxy) is 2. The van der Waals surface area contributed by atoms with E-state index >= 15 is 0 Å². The van der Waals surface area contributed by atoms with Crippen LogP contribution in [0.5, 0.6) is 11.5 Å². The summed E-state index contributed by atoms with van der Waals surface area (Å²) >= 11 is 0.